The van der Waals surface area contributed by atoms with E-state index in [2.05, 4.69) is 24.2 Å². The monoisotopic (exact) mass is 180 g/mol. The van der Waals surface area contributed by atoms with E-state index < -0.39 is 0 Å². The lowest BCUT2D eigenvalue weighted by Crippen LogP contribution is -2.28. The van der Waals surface area contributed by atoms with Gasteiger partial charge in [-0.1, -0.05) is 0 Å². The summed E-state index contributed by atoms with van der Waals surface area (Å²) in [7, 11) is 2.13. The number of likely N-dealkylation sites (N-methyl/N-ethyl adjacent to an activating group) is 1. The van der Waals surface area contributed by atoms with Crippen LogP contribution in [0.3, 0.4) is 0 Å². The van der Waals surface area contributed by atoms with Gasteiger partial charge < -0.3 is 5.32 Å². The number of halogens is 1. The summed E-state index contributed by atoms with van der Waals surface area (Å²) in [5.41, 5.74) is 0. The minimum atomic E-state index is 0. The molecule has 0 aromatic rings. The van der Waals surface area contributed by atoms with Gasteiger partial charge in [-0.25, -0.2) is 0 Å². The molecule has 1 heterocycles. The molecule has 0 saturated carbocycles. The predicted octanol–water partition coefficient (Wildman–Crippen LogP) is 0.445. The molecule has 50 valence electrons. The molecule has 0 radical (unpaired) electrons. The van der Waals surface area contributed by atoms with Gasteiger partial charge in [0, 0.05) is 13.1 Å². The topological polar surface area (TPSA) is 15.3 Å². The highest BCUT2D eigenvalue weighted by molar-refractivity contribution is 8.93. The van der Waals surface area contributed by atoms with Crippen LogP contribution in [0.25, 0.3) is 0 Å². The maximum atomic E-state index is 3.30. The molecule has 1 saturated heterocycles. The van der Waals surface area contributed by atoms with E-state index in [0.717, 1.165) is 6.54 Å². The van der Waals surface area contributed by atoms with E-state index in [9.17, 15) is 0 Å². The Morgan fingerprint density at radius 2 is 2.25 bits per heavy atom. The normalized spacial score (nSPS) is 30.0. The quantitative estimate of drug-likeness (QED) is 0.583. The second-order valence-corrected chi connectivity index (χ2v) is 2.11. The maximum absolute atomic E-state index is 3.30. The molecule has 1 fully saturated rings. The Hall–Kier alpha value is 0.400. The van der Waals surface area contributed by atoms with E-state index in [0.29, 0.717) is 6.17 Å². The van der Waals surface area contributed by atoms with Crippen molar-refractivity contribution in [2.24, 2.45) is 0 Å². The third-order valence-corrected chi connectivity index (χ3v) is 1.57. The van der Waals surface area contributed by atoms with Crippen LogP contribution in [0, 0.1) is 0 Å². The van der Waals surface area contributed by atoms with Crippen LogP contribution in [0.2, 0.25) is 0 Å². The van der Waals surface area contributed by atoms with Crippen molar-refractivity contribution in [1.82, 2.24) is 10.2 Å². The lowest BCUT2D eigenvalue weighted by molar-refractivity contribution is 0.315. The van der Waals surface area contributed by atoms with E-state index >= 15 is 0 Å². The average Bonchev–Trinajstić information content (AvgIpc) is 1.91. The van der Waals surface area contributed by atoms with Gasteiger partial charge in [-0.15, -0.1) is 17.0 Å². The summed E-state index contributed by atoms with van der Waals surface area (Å²) < 4.78 is 0. The van der Waals surface area contributed by atoms with Gasteiger partial charge in [0.2, 0.25) is 0 Å². The first-order valence-electron chi connectivity index (χ1n) is 2.74. The standard InChI is InChI=1S/C5H12N2.BrH/c1-5-6-3-4-7(5)2;/h5-6H,3-4H2,1-2H3;1H. The molecule has 1 aliphatic heterocycles. The van der Waals surface area contributed by atoms with Gasteiger partial charge in [-0.2, -0.15) is 0 Å². The SMILES string of the molecule is Br.CC1NCCN1C. The number of rotatable bonds is 0. The Balaban J connectivity index is 0.000000490. The van der Waals surface area contributed by atoms with Crippen molar-refractivity contribution in [3.05, 3.63) is 0 Å². The number of nitrogens with zero attached hydrogens (tertiary/aromatic N) is 1. The van der Waals surface area contributed by atoms with Crippen molar-refractivity contribution in [3.8, 4) is 0 Å². The number of hydrogen-bond acceptors (Lipinski definition) is 2. The van der Waals surface area contributed by atoms with E-state index in [1.54, 1.807) is 0 Å². The fourth-order valence-electron chi connectivity index (χ4n) is 0.799. The van der Waals surface area contributed by atoms with Gasteiger partial charge in [-0.05, 0) is 14.0 Å². The van der Waals surface area contributed by atoms with Crippen molar-refractivity contribution >= 4 is 17.0 Å². The van der Waals surface area contributed by atoms with Crippen molar-refractivity contribution in [2.75, 3.05) is 20.1 Å². The summed E-state index contributed by atoms with van der Waals surface area (Å²) >= 11 is 0. The van der Waals surface area contributed by atoms with E-state index in [-0.39, 0.29) is 17.0 Å². The van der Waals surface area contributed by atoms with Gasteiger partial charge in [0.25, 0.3) is 0 Å². The van der Waals surface area contributed by atoms with Gasteiger partial charge in [-0.3, -0.25) is 4.90 Å². The van der Waals surface area contributed by atoms with Crippen LogP contribution in [0.5, 0.6) is 0 Å². The van der Waals surface area contributed by atoms with Gasteiger partial charge >= 0.3 is 0 Å². The highest BCUT2D eigenvalue weighted by Crippen LogP contribution is 1.95. The van der Waals surface area contributed by atoms with Crippen LogP contribution in [0.15, 0.2) is 0 Å². The molecule has 0 aromatic heterocycles. The zero-order valence-corrected chi connectivity index (χ0v) is 7.06. The van der Waals surface area contributed by atoms with Crippen LogP contribution in [0.4, 0.5) is 0 Å². The molecule has 1 atom stereocenters. The van der Waals surface area contributed by atoms with Crippen molar-refractivity contribution in [3.63, 3.8) is 0 Å². The fourth-order valence-corrected chi connectivity index (χ4v) is 0.799. The summed E-state index contributed by atoms with van der Waals surface area (Å²) in [6, 6.07) is 0. The first kappa shape index (κ1) is 8.40. The summed E-state index contributed by atoms with van der Waals surface area (Å²) in [6.07, 6.45) is 0.597. The minimum absolute atomic E-state index is 0. The van der Waals surface area contributed by atoms with E-state index in [1.165, 1.54) is 6.54 Å². The lowest BCUT2D eigenvalue weighted by Gasteiger charge is -2.11. The fraction of sp³-hybridized carbons (Fsp3) is 1.00. The van der Waals surface area contributed by atoms with Gasteiger partial charge in [0.1, 0.15) is 0 Å². The summed E-state index contributed by atoms with van der Waals surface area (Å²) in [5.74, 6) is 0. The van der Waals surface area contributed by atoms with Crippen molar-refractivity contribution in [1.29, 1.82) is 0 Å². The molecule has 0 aliphatic carbocycles. The highest BCUT2D eigenvalue weighted by Gasteiger charge is 2.12. The van der Waals surface area contributed by atoms with Gasteiger partial charge in [0.15, 0.2) is 0 Å². The third kappa shape index (κ3) is 1.73. The maximum Gasteiger partial charge on any atom is 0.0566 e. The molecule has 1 N–H and O–H groups in total. The lowest BCUT2D eigenvalue weighted by atomic mass is 10.6. The van der Waals surface area contributed by atoms with Crippen LogP contribution >= 0.6 is 17.0 Å². The number of hydrogen-bond donors (Lipinski definition) is 1. The van der Waals surface area contributed by atoms with Crippen LogP contribution in [0.1, 0.15) is 6.92 Å². The first-order valence-corrected chi connectivity index (χ1v) is 2.74. The molecule has 1 unspecified atom stereocenters. The molecule has 8 heavy (non-hydrogen) atoms. The molecule has 0 spiro atoms. The molecule has 0 bridgehead atoms. The predicted molar refractivity (Wildman–Crippen MR) is 40.4 cm³/mol. The summed E-state index contributed by atoms with van der Waals surface area (Å²) in [5, 5.41) is 3.30. The number of nitrogens with one attached hydrogen (secondary N) is 1. The molecule has 0 aromatic carbocycles. The second-order valence-electron chi connectivity index (χ2n) is 2.11. The van der Waals surface area contributed by atoms with E-state index in [4.69, 9.17) is 0 Å². The third-order valence-electron chi connectivity index (χ3n) is 1.57. The molecular weight excluding hydrogens is 168 g/mol. The van der Waals surface area contributed by atoms with Crippen LogP contribution in [-0.4, -0.2) is 31.2 Å². The van der Waals surface area contributed by atoms with Gasteiger partial charge in [0.05, 0.1) is 6.17 Å². The summed E-state index contributed by atoms with van der Waals surface area (Å²) in [4.78, 5) is 2.29. The molecule has 1 rings (SSSR count). The highest BCUT2D eigenvalue weighted by atomic mass is 79.9. The largest absolute Gasteiger partial charge is 0.301 e. The second kappa shape index (κ2) is 3.43. The van der Waals surface area contributed by atoms with Crippen molar-refractivity contribution in [2.45, 2.75) is 13.1 Å². The van der Waals surface area contributed by atoms with Crippen LogP contribution in [-0.2, 0) is 0 Å². The smallest absolute Gasteiger partial charge is 0.0566 e. The summed E-state index contributed by atoms with van der Waals surface area (Å²) in [6.45, 7) is 4.52. The Morgan fingerprint density at radius 3 is 2.38 bits per heavy atom. The first-order chi connectivity index (χ1) is 3.30. The van der Waals surface area contributed by atoms with E-state index in [1.807, 2.05) is 0 Å². The molecule has 3 heteroatoms. The molecule has 0 amide bonds. The zero-order chi connectivity index (χ0) is 5.28. The Morgan fingerprint density at radius 1 is 1.62 bits per heavy atom. The zero-order valence-electron chi connectivity index (χ0n) is 5.35. The molecule has 1 aliphatic rings. The minimum Gasteiger partial charge on any atom is -0.301 e. The van der Waals surface area contributed by atoms with Crippen molar-refractivity contribution < 1.29 is 0 Å². The Labute approximate surface area is 61.0 Å². The molecule has 2 nitrogen and oxygen atoms in total. The van der Waals surface area contributed by atoms with Crippen LogP contribution < -0.4 is 5.32 Å². The Bertz CT molecular complexity index is 59.4. The molecular formula is C5H13BrN2. The average molecular weight is 181 g/mol. The Kier molecular flexibility index (Phi) is 3.60.